The summed E-state index contributed by atoms with van der Waals surface area (Å²) in [6.07, 6.45) is 0. The van der Waals surface area contributed by atoms with Crippen LogP contribution in [0.2, 0.25) is 0 Å². The van der Waals surface area contributed by atoms with Gasteiger partial charge in [-0.25, -0.2) is 0 Å². The molecule has 2 rings (SSSR count). The van der Waals surface area contributed by atoms with Gasteiger partial charge in [-0.3, -0.25) is 4.98 Å². The topological polar surface area (TPSA) is 48.1 Å². The summed E-state index contributed by atoms with van der Waals surface area (Å²) in [6.45, 7) is 2.78. The van der Waals surface area contributed by atoms with Gasteiger partial charge in [0, 0.05) is 11.3 Å². The van der Waals surface area contributed by atoms with E-state index >= 15 is 0 Å². The monoisotopic (exact) mass is 252 g/mol. The molecule has 96 valence electrons. The maximum absolute atomic E-state index is 5.71. The van der Waals surface area contributed by atoms with Crippen LogP contribution < -0.4 is 10.5 Å². The number of aromatic nitrogens is 1. The molecule has 0 atom stereocenters. The van der Waals surface area contributed by atoms with Gasteiger partial charge < -0.3 is 10.5 Å². The summed E-state index contributed by atoms with van der Waals surface area (Å²) in [5.41, 5.74) is 8.16. The molecule has 1 heterocycles. The first-order valence-electron chi connectivity index (χ1n) is 6.12. The van der Waals surface area contributed by atoms with Crippen LogP contribution in [0.25, 0.3) is 0 Å². The summed E-state index contributed by atoms with van der Waals surface area (Å²) in [5, 5.41) is 0. The Bertz CT molecular complexity index is 611. The fourth-order valence-electron chi connectivity index (χ4n) is 1.65. The van der Waals surface area contributed by atoms with Gasteiger partial charge in [-0.15, -0.1) is 0 Å². The van der Waals surface area contributed by atoms with Gasteiger partial charge in [-0.2, -0.15) is 0 Å². The van der Waals surface area contributed by atoms with Crippen molar-refractivity contribution in [2.24, 2.45) is 5.73 Å². The molecule has 0 saturated heterocycles. The molecule has 2 aromatic rings. The zero-order chi connectivity index (χ0) is 13.5. The van der Waals surface area contributed by atoms with Crippen molar-refractivity contribution in [3.63, 3.8) is 0 Å². The van der Waals surface area contributed by atoms with Crippen molar-refractivity contribution >= 4 is 0 Å². The molecule has 0 aliphatic rings. The molecule has 0 saturated carbocycles. The van der Waals surface area contributed by atoms with E-state index < -0.39 is 0 Å². The third-order valence-corrected chi connectivity index (χ3v) is 2.50. The number of hydrogen-bond acceptors (Lipinski definition) is 3. The SMILES string of the molecule is Cc1cccc(COc2cccc(C#CCN)c2)n1. The van der Waals surface area contributed by atoms with Crippen LogP contribution in [0.1, 0.15) is 17.0 Å². The second-order valence-corrected chi connectivity index (χ2v) is 4.09. The van der Waals surface area contributed by atoms with Crippen LogP contribution in [-0.4, -0.2) is 11.5 Å². The molecule has 1 aromatic carbocycles. The summed E-state index contributed by atoms with van der Waals surface area (Å²) in [4.78, 5) is 4.39. The quantitative estimate of drug-likeness (QED) is 0.852. The number of hydrogen-bond donors (Lipinski definition) is 1. The standard InChI is InChI=1S/C16H16N2O/c1-13-5-2-8-15(18-13)12-19-16-9-3-6-14(11-16)7-4-10-17/h2-3,5-6,8-9,11H,10,12,17H2,1H3. The summed E-state index contributed by atoms with van der Waals surface area (Å²) in [6, 6.07) is 13.5. The molecular weight excluding hydrogens is 236 g/mol. The lowest BCUT2D eigenvalue weighted by Crippen LogP contribution is -1.99. The molecule has 0 radical (unpaired) electrons. The summed E-state index contributed by atoms with van der Waals surface area (Å²) < 4.78 is 5.71. The van der Waals surface area contributed by atoms with Gasteiger partial charge in [0.15, 0.2) is 0 Å². The van der Waals surface area contributed by atoms with Crippen molar-refractivity contribution in [2.45, 2.75) is 13.5 Å². The van der Waals surface area contributed by atoms with Crippen LogP contribution >= 0.6 is 0 Å². The van der Waals surface area contributed by atoms with Crippen molar-refractivity contribution in [3.8, 4) is 17.6 Å². The fraction of sp³-hybridized carbons (Fsp3) is 0.188. The molecule has 19 heavy (non-hydrogen) atoms. The highest BCUT2D eigenvalue weighted by Crippen LogP contribution is 2.14. The van der Waals surface area contributed by atoms with E-state index in [1.54, 1.807) is 0 Å². The van der Waals surface area contributed by atoms with Crippen LogP contribution in [-0.2, 0) is 6.61 Å². The summed E-state index contributed by atoms with van der Waals surface area (Å²) in [5.74, 6) is 6.59. The van der Waals surface area contributed by atoms with Crippen molar-refractivity contribution in [1.29, 1.82) is 0 Å². The van der Waals surface area contributed by atoms with Gasteiger partial charge in [-0.1, -0.05) is 24.0 Å². The summed E-state index contributed by atoms with van der Waals surface area (Å²) in [7, 11) is 0. The van der Waals surface area contributed by atoms with Crippen LogP contribution in [0.5, 0.6) is 5.75 Å². The Balaban J connectivity index is 2.03. The summed E-state index contributed by atoms with van der Waals surface area (Å²) >= 11 is 0. The van der Waals surface area contributed by atoms with Gasteiger partial charge in [0.25, 0.3) is 0 Å². The van der Waals surface area contributed by atoms with E-state index in [9.17, 15) is 0 Å². The Hall–Kier alpha value is -2.31. The van der Waals surface area contributed by atoms with E-state index in [-0.39, 0.29) is 0 Å². The predicted molar refractivity (Wildman–Crippen MR) is 75.7 cm³/mol. The van der Waals surface area contributed by atoms with Gasteiger partial charge in [0.2, 0.25) is 0 Å². The van der Waals surface area contributed by atoms with E-state index in [1.165, 1.54) is 0 Å². The molecule has 0 fully saturated rings. The van der Waals surface area contributed by atoms with Crippen LogP contribution in [0.3, 0.4) is 0 Å². The third kappa shape index (κ3) is 4.13. The first-order valence-corrected chi connectivity index (χ1v) is 6.12. The van der Waals surface area contributed by atoms with E-state index in [0.717, 1.165) is 22.7 Å². The highest BCUT2D eigenvalue weighted by atomic mass is 16.5. The first kappa shape index (κ1) is 13.1. The average Bonchev–Trinajstić information content (AvgIpc) is 2.43. The molecule has 0 unspecified atom stereocenters. The van der Waals surface area contributed by atoms with E-state index in [4.69, 9.17) is 10.5 Å². The van der Waals surface area contributed by atoms with Gasteiger partial charge >= 0.3 is 0 Å². The number of nitrogens with two attached hydrogens (primary N) is 1. The lowest BCUT2D eigenvalue weighted by atomic mass is 10.2. The maximum atomic E-state index is 5.71. The highest BCUT2D eigenvalue weighted by molar-refractivity contribution is 5.39. The minimum absolute atomic E-state index is 0.359. The second kappa shape index (κ2) is 6.58. The minimum Gasteiger partial charge on any atom is -0.487 e. The minimum atomic E-state index is 0.359. The molecule has 0 aliphatic heterocycles. The lowest BCUT2D eigenvalue weighted by molar-refractivity contribution is 0.301. The lowest BCUT2D eigenvalue weighted by Gasteiger charge is -2.06. The number of benzene rings is 1. The zero-order valence-electron chi connectivity index (χ0n) is 10.9. The number of rotatable bonds is 3. The number of ether oxygens (including phenoxy) is 1. The molecule has 0 spiro atoms. The Morgan fingerprint density at radius 3 is 2.84 bits per heavy atom. The maximum Gasteiger partial charge on any atom is 0.130 e. The second-order valence-electron chi connectivity index (χ2n) is 4.09. The molecule has 1 aromatic heterocycles. The molecule has 3 nitrogen and oxygen atoms in total. The van der Waals surface area contributed by atoms with Crippen LogP contribution in [0, 0.1) is 18.8 Å². The van der Waals surface area contributed by atoms with Crippen LogP contribution in [0.15, 0.2) is 42.5 Å². The van der Waals surface area contributed by atoms with Crippen molar-refractivity contribution in [3.05, 3.63) is 59.4 Å². The fourth-order valence-corrected chi connectivity index (χ4v) is 1.65. The molecule has 3 heteroatoms. The normalized spacial score (nSPS) is 9.58. The zero-order valence-corrected chi connectivity index (χ0v) is 10.9. The van der Waals surface area contributed by atoms with Gasteiger partial charge in [0.1, 0.15) is 12.4 Å². The van der Waals surface area contributed by atoms with Crippen molar-refractivity contribution in [1.82, 2.24) is 4.98 Å². The van der Waals surface area contributed by atoms with Crippen molar-refractivity contribution in [2.75, 3.05) is 6.54 Å². The Morgan fingerprint density at radius 2 is 2.05 bits per heavy atom. The smallest absolute Gasteiger partial charge is 0.130 e. The number of nitrogens with zero attached hydrogens (tertiary/aromatic N) is 1. The molecule has 0 aliphatic carbocycles. The first-order chi connectivity index (χ1) is 9.28. The highest BCUT2D eigenvalue weighted by Gasteiger charge is 1.98. The Morgan fingerprint density at radius 1 is 1.21 bits per heavy atom. The van der Waals surface area contributed by atoms with E-state index in [1.807, 2.05) is 49.4 Å². The third-order valence-electron chi connectivity index (χ3n) is 2.50. The van der Waals surface area contributed by atoms with Crippen LogP contribution in [0.4, 0.5) is 0 Å². The van der Waals surface area contributed by atoms with Crippen molar-refractivity contribution < 1.29 is 4.74 Å². The molecule has 0 bridgehead atoms. The largest absolute Gasteiger partial charge is 0.487 e. The Labute approximate surface area is 113 Å². The molecule has 2 N–H and O–H groups in total. The van der Waals surface area contributed by atoms with Gasteiger partial charge in [-0.05, 0) is 37.3 Å². The molecule has 0 amide bonds. The van der Waals surface area contributed by atoms with Gasteiger partial charge in [0.05, 0.1) is 12.2 Å². The predicted octanol–water partition coefficient (Wildman–Crippen LogP) is 2.28. The number of aryl methyl sites for hydroxylation is 1. The molecular formula is C16H16N2O. The number of pyridine rings is 1. The average molecular weight is 252 g/mol. The van der Waals surface area contributed by atoms with E-state index in [0.29, 0.717) is 13.2 Å². The Kier molecular flexibility index (Phi) is 4.54. The van der Waals surface area contributed by atoms with E-state index in [2.05, 4.69) is 16.8 Å².